The van der Waals surface area contributed by atoms with E-state index < -0.39 is 6.04 Å². The van der Waals surface area contributed by atoms with Crippen LogP contribution in [0.4, 0.5) is 5.69 Å². The summed E-state index contributed by atoms with van der Waals surface area (Å²) in [6, 6.07) is 10.1. The van der Waals surface area contributed by atoms with Crippen LogP contribution in [-0.4, -0.2) is 50.4 Å². The highest BCUT2D eigenvalue weighted by Gasteiger charge is 2.46. The Labute approximate surface area is 192 Å². The van der Waals surface area contributed by atoms with E-state index in [4.69, 9.17) is 0 Å². The molecule has 1 aromatic heterocycles. The van der Waals surface area contributed by atoms with Gasteiger partial charge in [0.25, 0.3) is 5.91 Å². The van der Waals surface area contributed by atoms with Crippen molar-refractivity contribution in [3.63, 3.8) is 0 Å². The molecule has 4 rings (SSSR count). The maximum Gasteiger partial charge on any atom is 0.257 e. The lowest BCUT2D eigenvalue weighted by Crippen LogP contribution is -2.52. The second kappa shape index (κ2) is 9.81. The van der Waals surface area contributed by atoms with Crippen LogP contribution in [0, 0.1) is 13.8 Å². The summed E-state index contributed by atoms with van der Waals surface area (Å²) in [5.41, 5.74) is 2.26. The molecule has 2 aliphatic rings. The molecule has 1 saturated carbocycles. The molecule has 1 unspecified atom stereocenters. The van der Waals surface area contributed by atoms with Gasteiger partial charge in [-0.15, -0.1) is 0 Å². The lowest BCUT2D eigenvalue weighted by molar-refractivity contribution is -0.139. The molecular formula is C24H28N4O3S. The van der Waals surface area contributed by atoms with Gasteiger partial charge in [-0.05, 0) is 44.9 Å². The predicted octanol–water partition coefficient (Wildman–Crippen LogP) is 3.68. The van der Waals surface area contributed by atoms with E-state index in [1.165, 1.54) is 16.7 Å². The summed E-state index contributed by atoms with van der Waals surface area (Å²) in [6.07, 6.45) is 4.94. The molecule has 1 aliphatic carbocycles. The van der Waals surface area contributed by atoms with Crippen molar-refractivity contribution in [3.05, 3.63) is 47.8 Å². The molecule has 1 aromatic carbocycles. The van der Waals surface area contributed by atoms with Crippen molar-refractivity contribution in [2.45, 2.75) is 69.6 Å². The van der Waals surface area contributed by atoms with Gasteiger partial charge in [0, 0.05) is 17.4 Å². The molecule has 3 amide bonds. The van der Waals surface area contributed by atoms with Crippen LogP contribution < -0.4 is 4.90 Å². The maximum absolute atomic E-state index is 13.4. The van der Waals surface area contributed by atoms with Gasteiger partial charge >= 0.3 is 0 Å². The van der Waals surface area contributed by atoms with Crippen molar-refractivity contribution in [2.24, 2.45) is 0 Å². The highest BCUT2D eigenvalue weighted by molar-refractivity contribution is 7.99. The summed E-state index contributed by atoms with van der Waals surface area (Å²) in [6.45, 7) is 3.80. The smallest absolute Gasteiger partial charge is 0.257 e. The summed E-state index contributed by atoms with van der Waals surface area (Å²) >= 11 is 1.28. The molecule has 1 atom stereocenters. The van der Waals surface area contributed by atoms with Crippen molar-refractivity contribution >= 4 is 35.2 Å². The molecule has 168 valence electrons. The van der Waals surface area contributed by atoms with Crippen LogP contribution >= 0.6 is 11.8 Å². The number of thioether (sulfide) groups is 1. The van der Waals surface area contributed by atoms with Gasteiger partial charge < -0.3 is 4.90 Å². The van der Waals surface area contributed by atoms with Gasteiger partial charge in [0.05, 0.1) is 17.9 Å². The van der Waals surface area contributed by atoms with E-state index in [9.17, 15) is 14.4 Å². The Morgan fingerprint density at radius 2 is 1.72 bits per heavy atom. The van der Waals surface area contributed by atoms with Crippen molar-refractivity contribution in [1.82, 2.24) is 14.9 Å². The second-order valence-electron chi connectivity index (χ2n) is 8.44. The van der Waals surface area contributed by atoms with E-state index in [0.29, 0.717) is 10.8 Å². The molecule has 0 N–H and O–H groups in total. The Hall–Kier alpha value is -2.74. The molecule has 0 radical (unpaired) electrons. The van der Waals surface area contributed by atoms with Gasteiger partial charge in [0.1, 0.15) is 6.04 Å². The first kappa shape index (κ1) is 22.5. The zero-order valence-corrected chi connectivity index (χ0v) is 19.3. The maximum atomic E-state index is 13.4. The van der Waals surface area contributed by atoms with E-state index in [1.807, 2.05) is 26.0 Å². The van der Waals surface area contributed by atoms with Crippen LogP contribution in [0.2, 0.25) is 0 Å². The number of benzene rings is 1. The molecule has 1 aliphatic heterocycles. The number of carbonyl (C=O) groups excluding carboxylic acids is 3. The fourth-order valence-electron chi connectivity index (χ4n) is 4.63. The number of imide groups is 1. The number of amides is 3. The Bertz CT molecular complexity index is 987. The zero-order chi connectivity index (χ0) is 22.7. The van der Waals surface area contributed by atoms with Crippen LogP contribution in [0.25, 0.3) is 0 Å². The number of nitrogens with zero attached hydrogens (tertiary/aromatic N) is 4. The molecule has 0 bridgehead atoms. The average molecular weight is 453 g/mol. The Morgan fingerprint density at radius 1 is 1.06 bits per heavy atom. The van der Waals surface area contributed by atoms with E-state index in [-0.39, 0.29) is 35.9 Å². The van der Waals surface area contributed by atoms with Crippen molar-refractivity contribution < 1.29 is 14.4 Å². The lowest BCUT2D eigenvalue weighted by Gasteiger charge is -2.37. The molecule has 0 spiro atoms. The van der Waals surface area contributed by atoms with Gasteiger partial charge in [0.2, 0.25) is 11.8 Å². The number of anilines is 1. The van der Waals surface area contributed by atoms with Crippen LogP contribution in [0.1, 0.15) is 49.9 Å². The lowest BCUT2D eigenvalue weighted by atomic mass is 9.92. The summed E-state index contributed by atoms with van der Waals surface area (Å²) in [5.74, 6) is -0.563. The molecule has 2 heterocycles. The topological polar surface area (TPSA) is 83.5 Å². The number of para-hydroxylation sites is 1. The third kappa shape index (κ3) is 4.85. The summed E-state index contributed by atoms with van der Waals surface area (Å²) < 4.78 is 0. The first-order chi connectivity index (χ1) is 15.4. The van der Waals surface area contributed by atoms with E-state index in [0.717, 1.165) is 43.5 Å². The normalized spacial score (nSPS) is 19.4. The molecule has 2 fully saturated rings. The average Bonchev–Trinajstić information content (AvgIpc) is 3.07. The third-order valence-electron chi connectivity index (χ3n) is 6.02. The minimum absolute atomic E-state index is 0.0190. The van der Waals surface area contributed by atoms with Gasteiger partial charge in [-0.3, -0.25) is 14.4 Å². The number of carbonyl (C=O) groups is 3. The quantitative estimate of drug-likeness (QED) is 0.378. The van der Waals surface area contributed by atoms with Crippen LogP contribution in [0.3, 0.4) is 0 Å². The highest BCUT2D eigenvalue weighted by Crippen LogP contribution is 2.32. The van der Waals surface area contributed by atoms with Gasteiger partial charge in [-0.25, -0.2) is 14.9 Å². The number of aromatic nitrogens is 2. The summed E-state index contributed by atoms with van der Waals surface area (Å²) in [7, 11) is 0. The van der Waals surface area contributed by atoms with E-state index in [2.05, 4.69) is 9.97 Å². The molecule has 7 nitrogen and oxygen atoms in total. The number of aryl methyl sites for hydroxylation is 2. The SMILES string of the molecule is Cc1cc(C)nc(SCC(=O)N(C2CCCCC2)C2CC(=O)N(c3ccccc3)C2=O)n1. The zero-order valence-electron chi connectivity index (χ0n) is 18.5. The number of hydrogen-bond acceptors (Lipinski definition) is 6. The van der Waals surface area contributed by atoms with Crippen molar-refractivity contribution in [3.8, 4) is 0 Å². The molecular weight excluding hydrogens is 424 g/mol. The van der Waals surface area contributed by atoms with Gasteiger partial charge in [-0.2, -0.15) is 0 Å². The second-order valence-corrected chi connectivity index (χ2v) is 9.38. The Morgan fingerprint density at radius 3 is 2.38 bits per heavy atom. The van der Waals surface area contributed by atoms with Crippen LogP contribution in [-0.2, 0) is 14.4 Å². The fraction of sp³-hybridized carbons (Fsp3) is 0.458. The number of hydrogen-bond donors (Lipinski definition) is 0. The Kier molecular flexibility index (Phi) is 6.89. The first-order valence-electron chi connectivity index (χ1n) is 11.1. The number of rotatable bonds is 6. The van der Waals surface area contributed by atoms with Crippen LogP contribution in [0.15, 0.2) is 41.6 Å². The van der Waals surface area contributed by atoms with Crippen molar-refractivity contribution in [2.75, 3.05) is 10.7 Å². The fourth-order valence-corrected chi connectivity index (χ4v) is 5.45. The van der Waals surface area contributed by atoms with Crippen molar-refractivity contribution in [1.29, 1.82) is 0 Å². The largest absolute Gasteiger partial charge is 0.326 e. The van der Waals surface area contributed by atoms with Crippen LogP contribution in [0.5, 0.6) is 0 Å². The Balaban J connectivity index is 1.55. The summed E-state index contributed by atoms with van der Waals surface area (Å²) in [4.78, 5) is 51.3. The van der Waals surface area contributed by atoms with E-state index >= 15 is 0 Å². The first-order valence-corrected chi connectivity index (χ1v) is 12.1. The van der Waals surface area contributed by atoms with E-state index in [1.54, 1.807) is 29.2 Å². The molecule has 2 aromatic rings. The molecule has 1 saturated heterocycles. The minimum Gasteiger partial charge on any atom is -0.326 e. The molecule has 32 heavy (non-hydrogen) atoms. The summed E-state index contributed by atoms with van der Waals surface area (Å²) in [5, 5.41) is 0.555. The standard InChI is InChI=1S/C24H28N4O3S/c1-16-13-17(2)26-24(25-16)32-15-22(30)27(18-9-5-3-6-10-18)20-14-21(29)28(23(20)31)19-11-7-4-8-12-19/h4,7-8,11-13,18,20H,3,5-6,9-10,14-15H2,1-2H3. The van der Waals surface area contributed by atoms with Gasteiger partial charge in [0.15, 0.2) is 5.16 Å². The monoisotopic (exact) mass is 452 g/mol. The minimum atomic E-state index is -0.751. The predicted molar refractivity (Wildman–Crippen MR) is 123 cm³/mol. The van der Waals surface area contributed by atoms with Gasteiger partial charge in [-0.1, -0.05) is 49.2 Å². The third-order valence-corrected chi connectivity index (χ3v) is 6.85. The molecule has 8 heteroatoms. The highest BCUT2D eigenvalue weighted by atomic mass is 32.2.